The number of anilines is 1. The Morgan fingerprint density at radius 1 is 1.00 bits per heavy atom. The zero-order chi connectivity index (χ0) is 23.3. The van der Waals surface area contributed by atoms with Crippen molar-refractivity contribution in [3.05, 3.63) is 53.1 Å². The number of carbonyl (C=O) groups is 3. The van der Waals surface area contributed by atoms with Crippen molar-refractivity contribution in [2.24, 2.45) is 0 Å². The Morgan fingerprint density at radius 3 is 2.48 bits per heavy atom. The summed E-state index contributed by atoms with van der Waals surface area (Å²) >= 11 is 5.80. The third kappa shape index (κ3) is 5.96. The van der Waals surface area contributed by atoms with Crippen molar-refractivity contribution in [2.75, 3.05) is 18.5 Å². The second-order valence-electron chi connectivity index (χ2n) is 8.06. The molecule has 9 heteroatoms. The molecule has 0 atom stereocenters. The van der Waals surface area contributed by atoms with Crippen LogP contribution in [0.25, 0.3) is 0 Å². The van der Waals surface area contributed by atoms with E-state index in [1.165, 1.54) is 0 Å². The Labute approximate surface area is 196 Å². The SMILES string of the molecule is O=C(COC(=O)CCCNC(=O)c1ccc(Cl)cc1)Nc1ccc2c(c1)OC1(CCCC1)O2. The molecule has 2 amide bonds. The van der Waals surface area contributed by atoms with E-state index in [1.807, 2.05) is 0 Å². The molecule has 1 fully saturated rings. The molecule has 2 aliphatic rings. The lowest BCUT2D eigenvalue weighted by Crippen LogP contribution is -2.34. The third-order valence-corrected chi connectivity index (χ3v) is 5.75. The van der Waals surface area contributed by atoms with E-state index in [0.29, 0.717) is 40.7 Å². The highest BCUT2D eigenvalue weighted by Crippen LogP contribution is 2.47. The van der Waals surface area contributed by atoms with Gasteiger partial charge in [0.15, 0.2) is 18.1 Å². The van der Waals surface area contributed by atoms with Gasteiger partial charge in [-0.25, -0.2) is 0 Å². The molecule has 1 spiro atoms. The quantitative estimate of drug-likeness (QED) is 0.443. The number of rotatable bonds is 8. The third-order valence-electron chi connectivity index (χ3n) is 5.50. The molecule has 1 aliphatic carbocycles. The molecule has 1 saturated carbocycles. The van der Waals surface area contributed by atoms with Crippen LogP contribution in [0.3, 0.4) is 0 Å². The standard InChI is InChI=1S/C24H25ClN2O6/c25-17-7-5-16(6-8-17)23(30)26-13-3-4-22(29)31-15-21(28)27-18-9-10-19-20(14-18)33-24(32-19)11-1-2-12-24/h5-10,14H,1-4,11-13,15H2,(H,26,30)(H,27,28). The van der Waals surface area contributed by atoms with Gasteiger partial charge in [0.1, 0.15) is 0 Å². The van der Waals surface area contributed by atoms with Gasteiger partial charge in [-0.05, 0) is 55.7 Å². The number of esters is 1. The van der Waals surface area contributed by atoms with Gasteiger partial charge in [0.25, 0.3) is 17.6 Å². The fraction of sp³-hybridized carbons (Fsp3) is 0.375. The van der Waals surface area contributed by atoms with Gasteiger partial charge in [-0.1, -0.05) is 11.6 Å². The minimum atomic E-state index is -0.561. The van der Waals surface area contributed by atoms with Crippen LogP contribution in [0.4, 0.5) is 5.69 Å². The first-order valence-electron chi connectivity index (χ1n) is 10.9. The summed E-state index contributed by atoms with van der Waals surface area (Å²) in [7, 11) is 0. The molecule has 0 aromatic heterocycles. The zero-order valence-electron chi connectivity index (χ0n) is 18.0. The average molecular weight is 473 g/mol. The van der Waals surface area contributed by atoms with E-state index in [-0.39, 0.29) is 12.3 Å². The van der Waals surface area contributed by atoms with Gasteiger partial charge >= 0.3 is 5.97 Å². The molecule has 1 heterocycles. The molecule has 0 unspecified atom stereocenters. The number of ether oxygens (including phenoxy) is 3. The first-order valence-corrected chi connectivity index (χ1v) is 11.3. The highest BCUT2D eigenvalue weighted by molar-refractivity contribution is 6.30. The van der Waals surface area contributed by atoms with E-state index in [0.717, 1.165) is 25.7 Å². The van der Waals surface area contributed by atoms with Crippen LogP contribution in [-0.4, -0.2) is 36.7 Å². The van der Waals surface area contributed by atoms with Gasteiger partial charge in [-0.15, -0.1) is 0 Å². The summed E-state index contributed by atoms with van der Waals surface area (Å²) in [6, 6.07) is 11.7. The summed E-state index contributed by atoms with van der Waals surface area (Å²) < 4.78 is 17.0. The van der Waals surface area contributed by atoms with Gasteiger partial charge in [-0.3, -0.25) is 14.4 Å². The van der Waals surface area contributed by atoms with Crippen molar-refractivity contribution in [3.63, 3.8) is 0 Å². The minimum Gasteiger partial charge on any atom is -0.456 e. The molecule has 1 aliphatic heterocycles. The first-order chi connectivity index (χ1) is 15.9. The van der Waals surface area contributed by atoms with Crippen LogP contribution in [0.15, 0.2) is 42.5 Å². The lowest BCUT2D eigenvalue weighted by atomic mass is 10.2. The highest BCUT2D eigenvalue weighted by Gasteiger charge is 2.44. The number of hydrogen-bond acceptors (Lipinski definition) is 6. The van der Waals surface area contributed by atoms with E-state index in [9.17, 15) is 14.4 Å². The topological polar surface area (TPSA) is 103 Å². The van der Waals surface area contributed by atoms with E-state index in [1.54, 1.807) is 42.5 Å². The lowest BCUT2D eigenvalue weighted by molar-refractivity contribution is -0.147. The van der Waals surface area contributed by atoms with Crippen molar-refractivity contribution < 1.29 is 28.6 Å². The van der Waals surface area contributed by atoms with Crippen LogP contribution in [0.1, 0.15) is 48.9 Å². The fourth-order valence-corrected chi connectivity index (χ4v) is 3.97. The molecule has 8 nitrogen and oxygen atoms in total. The van der Waals surface area contributed by atoms with Crippen molar-refractivity contribution in [1.29, 1.82) is 0 Å². The van der Waals surface area contributed by atoms with Crippen LogP contribution >= 0.6 is 11.6 Å². The predicted octanol–water partition coefficient (Wildman–Crippen LogP) is 4.07. The van der Waals surface area contributed by atoms with Crippen molar-refractivity contribution >= 4 is 35.1 Å². The van der Waals surface area contributed by atoms with Gasteiger partial charge in [0.2, 0.25) is 0 Å². The van der Waals surface area contributed by atoms with Crippen LogP contribution < -0.4 is 20.1 Å². The Balaban J connectivity index is 1.14. The maximum atomic E-state index is 12.1. The first kappa shape index (κ1) is 22.9. The number of carbonyl (C=O) groups excluding carboxylic acids is 3. The van der Waals surface area contributed by atoms with E-state index in [2.05, 4.69) is 10.6 Å². The Morgan fingerprint density at radius 2 is 1.73 bits per heavy atom. The van der Waals surface area contributed by atoms with Gasteiger partial charge < -0.3 is 24.8 Å². The number of amides is 2. The van der Waals surface area contributed by atoms with Crippen LogP contribution in [0.5, 0.6) is 11.5 Å². The van der Waals surface area contributed by atoms with E-state index >= 15 is 0 Å². The maximum absolute atomic E-state index is 12.1. The summed E-state index contributed by atoms with van der Waals surface area (Å²) in [6.07, 6.45) is 4.31. The Hall–Kier alpha value is -3.26. The fourth-order valence-electron chi connectivity index (χ4n) is 3.84. The minimum absolute atomic E-state index is 0.0836. The number of benzene rings is 2. The largest absolute Gasteiger partial charge is 0.456 e. The molecule has 0 bridgehead atoms. The summed E-state index contributed by atoms with van der Waals surface area (Å²) in [5, 5.41) is 5.96. The highest BCUT2D eigenvalue weighted by atomic mass is 35.5. The number of nitrogens with one attached hydrogen (secondary N) is 2. The van der Waals surface area contributed by atoms with Crippen molar-refractivity contribution in [1.82, 2.24) is 5.32 Å². The lowest BCUT2D eigenvalue weighted by Gasteiger charge is -2.21. The normalized spacial score (nSPS) is 15.3. The maximum Gasteiger partial charge on any atom is 0.306 e. The second kappa shape index (κ2) is 10.1. The molecule has 174 valence electrons. The van der Waals surface area contributed by atoms with Crippen molar-refractivity contribution in [2.45, 2.75) is 44.3 Å². The summed E-state index contributed by atoms with van der Waals surface area (Å²) in [6.45, 7) is -0.0875. The van der Waals surface area contributed by atoms with Gasteiger partial charge in [0, 0.05) is 48.1 Å². The second-order valence-corrected chi connectivity index (χ2v) is 8.50. The molecule has 2 N–H and O–H groups in total. The summed E-state index contributed by atoms with van der Waals surface area (Å²) in [5.74, 6) is -0.498. The molecule has 0 saturated heterocycles. The molecule has 0 radical (unpaired) electrons. The molecule has 2 aromatic rings. The number of halogens is 1. The van der Waals surface area contributed by atoms with E-state index in [4.69, 9.17) is 25.8 Å². The smallest absolute Gasteiger partial charge is 0.306 e. The molecule has 4 rings (SSSR count). The van der Waals surface area contributed by atoms with Crippen LogP contribution in [0, 0.1) is 0 Å². The van der Waals surface area contributed by atoms with Crippen LogP contribution in [-0.2, 0) is 14.3 Å². The summed E-state index contributed by atoms with van der Waals surface area (Å²) in [4.78, 5) is 36.0. The molecule has 33 heavy (non-hydrogen) atoms. The monoisotopic (exact) mass is 472 g/mol. The number of hydrogen-bond donors (Lipinski definition) is 2. The molecular weight excluding hydrogens is 448 g/mol. The van der Waals surface area contributed by atoms with Crippen molar-refractivity contribution in [3.8, 4) is 11.5 Å². The zero-order valence-corrected chi connectivity index (χ0v) is 18.8. The van der Waals surface area contributed by atoms with Crippen LogP contribution in [0.2, 0.25) is 5.02 Å². The van der Waals surface area contributed by atoms with Gasteiger partial charge in [0.05, 0.1) is 0 Å². The molecular formula is C24H25ClN2O6. The average Bonchev–Trinajstić information content (AvgIpc) is 3.41. The Bertz CT molecular complexity index is 1030. The summed E-state index contributed by atoms with van der Waals surface area (Å²) in [5.41, 5.74) is 1.03. The Kier molecular flexibility index (Phi) is 7.03. The van der Waals surface area contributed by atoms with E-state index < -0.39 is 24.3 Å². The molecule has 2 aromatic carbocycles. The predicted molar refractivity (Wildman–Crippen MR) is 122 cm³/mol. The number of fused-ring (bicyclic) bond motifs is 1. The van der Waals surface area contributed by atoms with Gasteiger partial charge in [-0.2, -0.15) is 0 Å².